The van der Waals surface area contributed by atoms with Crippen LogP contribution >= 0.6 is 11.6 Å². The maximum atomic E-state index is 13.5. The molecule has 0 bridgehead atoms. The smallest absolute Gasteiger partial charge is 0.256 e. The summed E-state index contributed by atoms with van der Waals surface area (Å²) < 4.78 is 27.7. The van der Waals surface area contributed by atoms with Crippen LogP contribution in [0.4, 0.5) is 11.4 Å². The van der Waals surface area contributed by atoms with Crippen LogP contribution in [0.15, 0.2) is 54.6 Å². The number of halogens is 1. The van der Waals surface area contributed by atoms with E-state index in [1.807, 2.05) is 37.3 Å². The van der Waals surface area contributed by atoms with E-state index in [9.17, 15) is 13.2 Å². The number of aromatic nitrogens is 3. The first-order valence-electron chi connectivity index (χ1n) is 10.8. The molecule has 8 nitrogen and oxygen atoms in total. The van der Waals surface area contributed by atoms with Gasteiger partial charge in [0.15, 0.2) is 5.65 Å². The maximum absolute atomic E-state index is 13.5. The Bertz CT molecular complexity index is 1530. The van der Waals surface area contributed by atoms with Gasteiger partial charge in [0, 0.05) is 19.2 Å². The van der Waals surface area contributed by atoms with Crippen LogP contribution in [0, 0.1) is 6.92 Å². The van der Waals surface area contributed by atoms with Gasteiger partial charge in [0.25, 0.3) is 5.91 Å². The normalized spacial score (nSPS) is 15.1. The van der Waals surface area contributed by atoms with Gasteiger partial charge < -0.3 is 5.32 Å². The van der Waals surface area contributed by atoms with Gasteiger partial charge in [-0.1, -0.05) is 41.9 Å². The van der Waals surface area contributed by atoms with Crippen molar-refractivity contribution in [1.29, 1.82) is 0 Å². The quantitative estimate of drug-likeness (QED) is 0.453. The minimum Gasteiger partial charge on any atom is -0.321 e. The van der Waals surface area contributed by atoms with E-state index >= 15 is 0 Å². The molecule has 2 aromatic heterocycles. The molecule has 1 fully saturated rings. The fourth-order valence-electron chi connectivity index (χ4n) is 4.26. The van der Waals surface area contributed by atoms with Gasteiger partial charge in [-0.3, -0.25) is 13.8 Å². The summed E-state index contributed by atoms with van der Waals surface area (Å²) in [5, 5.41) is 8.28. The van der Waals surface area contributed by atoms with Gasteiger partial charge >= 0.3 is 0 Å². The molecule has 1 aliphatic rings. The molecule has 0 spiro atoms. The number of fused-ring (bicyclic) bond motifs is 1. The number of rotatable bonds is 4. The van der Waals surface area contributed by atoms with Crippen molar-refractivity contribution in [2.75, 3.05) is 21.9 Å². The van der Waals surface area contributed by atoms with E-state index in [0.717, 1.165) is 5.56 Å². The van der Waals surface area contributed by atoms with Gasteiger partial charge in [-0.2, -0.15) is 5.10 Å². The first-order valence-corrected chi connectivity index (χ1v) is 12.7. The van der Waals surface area contributed by atoms with Crippen LogP contribution in [0.5, 0.6) is 0 Å². The summed E-state index contributed by atoms with van der Waals surface area (Å²) in [6.07, 6.45) is 0.560. The Morgan fingerprint density at radius 3 is 2.59 bits per heavy atom. The number of amides is 1. The summed E-state index contributed by atoms with van der Waals surface area (Å²) in [6.45, 7) is 2.23. The average Bonchev–Trinajstić information content (AvgIpc) is 3.32. The molecule has 1 saturated heterocycles. The summed E-state index contributed by atoms with van der Waals surface area (Å²) in [4.78, 5) is 18.3. The first kappa shape index (κ1) is 22.4. The highest BCUT2D eigenvalue weighted by molar-refractivity contribution is 7.93. The number of nitrogens with zero attached hydrogens (tertiary/aromatic N) is 4. The number of carbonyl (C=O) groups excluding carboxylic acids is 1. The number of nitrogens with one attached hydrogen (secondary N) is 1. The Morgan fingerprint density at radius 2 is 1.88 bits per heavy atom. The predicted molar refractivity (Wildman–Crippen MR) is 134 cm³/mol. The van der Waals surface area contributed by atoms with Crippen LogP contribution in [0.1, 0.15) is 22.5 Å². The van der Waals surface area contributed by atoms with Crippen LogP contribution in [0.2, 0.25) is 5.02 Å². The van der Waals surface area contributed by atoms with Crippen molar-refractivity contribution < 1.29 is 13.2 Å². The summed E-state index contributed by atoms with van der Waals surface area (Å²) >= 11 is 6.37. The molecule has 4 aromatic rings. The Hall–Kier alpha value is -3.43. The molecular formula is C24H22ClN5O3S. The SMILES string of the molecule is Cc1nn(C)c2nc(-c3ccccc3)cc(C(=O)Nc3cc(N4CCCS4(=O)=O)ccc3Cl)c12. The van der Waals surface area contributed by atoms with E-state index in [4.69, 9.17) is 16.6 Å². The predicted octanol–water partition coefficient (Wildman–Crippen LogP) is 4.39. The fourth-order valence-corrected chi connectivity index (χ4v) is 5.99. The number of anilines is 2. The lowest BCUT2D eigenvalue weighted by atomic mass is 10.0. The van der Waals surface area contributed by atoms with Crippen LogP contribution in [-0.2, 0) is 17.1 Å². The molecule has 0 aliphatic carbocycles. The standard InChI is InChI=1S/C24H22ClN5O3S/c1-15-22-18(14-20(16-7-4-3-5-8-16)26-23(22)29(2)28-15)24(31)27-21-13-17(9-10-19(21)25)30-11-6-12-34(30,32)33/h3-5,7-10,13-14H,6,11-12H2,1-2H3,(H,27,31). The maximum Gasteiger partial charge on any atom is 0.256 e. The highest BCUT2D eigenvalue weighted by atomic mass is 35.5. The molecular weight excluding hydrogens is 474 g/mol. The molecule has 0 saturated carbocycles. The van der Waals surface area contributed by atoms with Crippen molar-refractivity contribution in [2.24, 2.45) is 7.05 Å². The highest BCUT2D eigenvalue weighted by Crippen LogP contribution is 2.33. The number of aryl methyl sites for hydroxylation is 2. The molecule has 1 N–H and O–H groups in total. The average molecular weight is 496 g/mol. The highest BCUT2D eigenvalue weighted by Gasteiger charge is 2.29. The fraction of sp³-hybridized carbons (Fsp3) is 0.208. The van der Waals surface area contributed by atoms with E-state index in [-0.39, 0.29) is 11.7 Å². The Kier molecular flexibility index (Phi) is 5.53. The third-order valence-electron chi connectivity index (χ3n) is 5.87. The zero-order chi connectivity index (χ0) is 24.0. The van der Waals surface area contributed by atoms with Crippen molar-refractivity contribution in [3.63, 3.8) is 0 Å². The molecule has 2 aromatic carbocycles. The minimum absolute atomic E-state index is 0.106. The Balaban J connectivity index is 1.58. The van der Waals surface area contributed by atoms with Crippen LogP contribution in [0.25, 0.3) is 22.3 Å². The first-order chi connectivity index (χ1) is 16.2. The topological polar surface area (TPSA) is 97.2 Å². The second kappa shape index (κ2) is 8.41. The van der Waals surface area contributed by atoms with E-state index < -0.39 is 10.0 Å². The van der Waals surface area contributed by atoms with Crippen LogP contribution < -0.4 is 9.62 Å². The van der Waals surface area contributed by atoms with Crippen LogP contribution in [-0.4, -0.2) is 41.4 Å². The summed E-state index contributed by atoms with van der Waals surface area (Å²) in [5.74, 6) is -0.279. The van der Waals surface area contributed by atoms with Gasteiger partial charge in [-0.15, -0.1) is 0 Å². The van der Waals surface area contributed by atoms with Crippen molar-refractivity contribution in [3.8, 4) is 11.3 Å². The zero-order valence-electron chi connectivity index (χ0n) is 18.6. The number of hydrogen-bond acceptors (Lipinski definition) is 5. The molecule has 0 atom stereocenters. The lowest BCUT2D eigenvalue weighted by Crippen LogP contribution is -2.25. The second-order valence-electron chi connectivity index (χ2n) is 8.19. The molecule has 1 aliphatic heterocycles. The second-order valence-corrected chi connectivity index (χ2v) is 10.6. The lowest BCUT2D eigenvalue weighted by Gasteiger charge is -2.18. The van der Waals surface area contributed by atoms with Crippen molar-refractivity contribution >= 4 is 49.9 Å². The van der Waals surface area contributed by atoms with E-state index in [2.05, 4.69) is 10.4 Å². The monoisotopic (exact) mass is 495 g/mol. The van der Waals surface area contributed by atoms with Gasteiger partial charge in [-0.05, 0) is 37.6 Å². The minimum atomic E-state index is -3.36. The number of hydrogen-bond donors (Lipinski definition) is 1. The third kappa shape index (κ3) is 3.91. The molecule has 5 rings (SSSR count). The van der Waals surface area contributed by atoms with Gasteiger partial charge in [0.2, 0.25) is 10.0 Å². The molecule has 3 heterocycles. The van der Waals surface area contributed by atoms with Crippen molar-refractivity contribution in [3.05, 3.63) is 70.9 Å². The summed E-state index contributed by atoms with van der Waals surface area (Å²) in [7, 11) is -1.57. The molecule has 1 amide bonds. The third-order valence-corrected chi connectivity index (χ3v) is 8.07. The zero-order valence-corrected chi connectivity index (χ0v) is 20.2. The number of pyridine rings is 1. The molecule has 0 unspecified atom stereocenters. The molecule has 10 heteroatoms. The largest absolute Gasteiger partial charge is 0.321 e. The summed E-state index contributed by atoms with van der Waals surface area (Å²) in [5.41, 5.74) is 3.99. The summed E-state index contributed by atoms with van der Waals surface area (Å²) in [6, 6.07) is 16.2. The molecule has 174 valence electrons. The van der Waals surface area contributed by atoms with Crippen molar-refractivity contribution in [1.82, 2.24) is 14.8 Å². The number of carbonyl (C=O) groups is 1. The van der Waals surface area contributed by atoms with Crippen molar-refractivity contribution in [2.45, 2.75) is 13.3 Å². The molecule has 0 radical (unpaired) electrons. The van der Waals surface area contributed by atoms with E-state index in [1.54, 1.807) is 36.0 Å². The van der Waals surface area contributed by atoms with Crippen LogP contribution in [0.3, 0.4) is 0 Å². The Labute approximate surface area is 202 Å². The van der Waals surface area contributed by atoms with Gasteiger partial charge in [-0.25, -0.2) is 13.4 Å². The van der Waals surface area contributed by atoms with E-state index in [1.165, 1.54) is 4.31 Å². The van der Waals surface area contributed by atoms with Gasteiger partial charge in [0.1, 0.15) is 0 Å². The number of sulfonamides is 1. The lowest BCUT2D eigenvalue weighted by molar-refractivity contribution is 0.102. The van der Waals surface area contributed by atoms with E-state index in [0.29, 0.717) is 57.3 Å². The Morgan fingerprint density at radius 1 is 1.12 bits per heavy atom. The van der Waals surface area contributed by atoms with Gasteiger partial charge in [0.05, 0.1) is 44.5 Å². The number of benzene rings is 2. The molecule has 34 heavy (non-hydrogen) atoms.